The summed E-state index contributed by atoms with van der Waals surface area (Å²) in [6, 6.07) is -0.618. The van der Waals surface area contributed by atoms with Crippen LogP contribution in [0.25, 0.3) is 0 Å². The Kier molecular flexibility index (Phi) is 43.4. The summed E-state index contributed by atoms with van der Waals surface area (Å²) in [7, 11) is 5.53. The molecule has 8 heteroatoms. The maximum absolute atomic E-state index is 12.8. The Morgan fingerprint density at radius 2 is 0.889 bits per heavy atom. The van der Waals surface area contributed by atoms with Gasteiger partial charge in [0.15, 0.2) is 12.1 Å². The number of unbranched alkanes of at least 4 members (excludes halogenated alkanes) is 22. The molecule has 0 fully saturated rings. The van der Waals surface area contributed by atoms with Gasteiger partial charge in [-0.3, -0.25) is 9.59 Å². The molecule has 0 rings (SSSR count). The lowest BCUT2D eigenvalue weighted by molar-refractivity contribution is -0.887. The maximum atomic E-state index is 12.8. The van der Waals surface area contributed by atoms with E-state index >= 15 is 0 Å². The monoisotopic (exact) mass is 885 g/mol. The molecular formula is C55H98NO7+. The van der Waals surface area contributed by atoms with E-state index < -0.39 is 18.1 Å². The van der Waals surface area contributed by atoms with Gasteiger partial charge >= 0.3 is 17.9 Å². The molecule has 2 unspecified atom stereocenters. The zero-order valence-electron chi connectivity index (χ0n) is 41.5. The van der Waals surface area contributed by atoms with Gasteiger partial charge in [0, 0.05) is 19.3 Å². The van der Waals surface area contributed by atoms with Gasteiger partial charge < -0.3 is 23.8 Å². The van der Waals surface area contributed by atoms with Crippen molar-refractivity contribution in [1.29, 1.82) is 0 Å². The number of allylic oxidation sites excluding steroid dienone is 10. The van der Waals surface area contributed by atoms with Crippen LogP contribution in [0.1, 0.15) is 219 Å². The molecule has 0 aromatic heterocycles. The standard InChI is InChI=1S/C55H97NO7/c1-6-8-10-12-14-16-18-20-22-24-25-26-27-28-30-31-33-35-37-39-41-43-45-53(57)62-50-51(49-61-48-47-52(55(59)60)56(3,4)5)63-54(58)46-44-42-40-38-36-34-32-29-23-21-19-17-15-13-11-9-7-2/h8,10,14,16,20-23,25-26,51-52H,6-7,9,11-13,15,17-19,24,27-50H2,1-5H3/p+1/b10-8+,16-14+,22-20+,23-21+,26-25+. The van der Waals surface area contributed by atoms with Gasteiger partial charge in [-0.1, -0.05) is 184 Å². The molecule has 2 atom stereocenters. The van der Waals surface area contributed by atoms with E-state index in [2.05, 4.69) is 74.6 Å². The van der Waals surface area contributed by atoms with Gasteiger partial charge in [-0.2, -0.15) is 0 Å². The quantitative estimate of drug-likeness (QED) is 0.0281. The Hall–Kier alpha value is -2.97. The minimum absolute atomic E-state index is 0.0567. The van der Waals surface area contributed by atoms with Crippen LogP contribution in [-0.2, 0) is 28.6 Å². The Bertz CT molecular complexity index is 1210. The Labute approximate surface area is 388 Å². The summed E-state index contributed by atoms with van der Waals surface area (Å²) in [5, 5.41) is 9.65. The smallest absolute Gasteiger partial charge is 0.362 e. The lowest BCUT2D eigenvalue weighted by Crippen LogP contribution is -2.50. The number of quaternary nitrogens is 1. The number of rotatable bonds is 46. The second kappa shape index (κ2) is 45.6. The summed E-state index contributed by atoms with van der Waals surface area (Å²) in [5.74, 6) is -1.48. The number of hydrogen-bond donors (Lipinski definition) is 1. The van der Waals surface area contributed by atoms with Crippen LogP contribution >= 0.6 is 0 Å². The van der Waals surface area contributed by atoms with Gasteiger partial charge in [0.05, 0.1) is 34.4 Å². The molecule has 0 aliphatic rings. The number of nitrogens with zero attached hydrogens (tertiary/aromatic N) is 1. The highest BCUT2D eigenvalue weighted by atomic mass is 16.6. The molecule has 0 bridgehead atoms. The number of carboxylic acid groups (broad SMARTS) is 1. The SMILES string of the molecule is CC/C=C/C/C=C/C/C=C/C/C=C/CCCCCCCCCCCC(=O)OCC(COCCC(C(=O)O)[N+](C)(C)C)OC(=O)CCCCCCCCC/C=C/CCCCCCCC. The third-order valence-corrected chi connectivity index (χ3v) is 11.4. The second-order valence-electron chi connectivity index (χ2n) is 18.4. The van der Waals surface area contributed by atoms with Crippen LogP contribution in [0.5, 0.6) is 0 Å². The van der Waals surface area contributed by atoms with Crippen molar-refractivity contribution in [3.63, 3.8) is 0 Å². The Balaban J connectivity index is 4.25. The number of esters is 2. The van der Waals surface area contributed by atoms with E-state index in [1.165, 1.54) is 116 Å². The van der Waals surface area contributed by atoms with Crippen molar-refractivity contribution in [2.45, 2.75) is 231 Å². The summed E-state index contributed by atoms with van der Waals surface area (Å²) in [6.45, 7) is 4.63. The van der Waals surface area contributed by atoms with Crippen LogP contribution in [-0.4, -0.2) is 80.6 Å². The molecule has 364 valence electrons. The first kappa shape index (κ1) is 60.0. The van der Waals surface area contributed by atoms with Crippen LogP contribution in [0.4, 0.5) is 0 Å². The first-order valence-electron chi connectivity index (χ1n) is 25.8. The molecule has 0 spiro atoms. The summed E-state index contributed by atoms with van der Waals surface area (Å²) < 4.78 is 17.4. The van der Waals surface area contributed by atoms with Crippen LogP contribution in [0.2, 0.25) is 0 Å². The van der Waals surface area contributed by atoms with E-state index in [4.69, 9.17) is 14.2 Å². The molecule has 0 aliphatic carbocycles. The lowest BCUT2D eigenvalue weighted by atomic mass is 10.1. The van der Waals surface area contributed by atoms with E-state index in [0.717, 1.165) is 70.6 Å². The van der Waals surface area contributed by atoms with E-state index in [0.29, 0.717) is 19.3 Å². The molecule has 0 amide bonds. The van der Waals surface area contributed by atoms with E-state index in [1.807, 2.05) is 21.1 Å². The normalized spacial score (nSPS) is 13.3. The fraction of sp³-hybridized carbons (Fsp3) is 0.764. The van der Waals surface area contributed by atoms with Gasteiger partial charge in [-0.05, 0) is 77.0 Å². The van der Waals surface area contributed by atoms with Crippen LogP contribution in [0.3, 0.4) is 0 Å². The first-order chi connectivity index (χ1) is 30.6. The fourth-order valence-corrected chi connectivity index (χ4v) is 7.43. The van der Waals surface area contributed by atoms with Gasteiger partial charge in [0.25, 0.3) is 0 Å². The minimum atomic E-state index is -0.876. The Morgan fingerprint density at radius 1 is 0.492 bits per heavy atom. The lowest BCUT2D eigenvalue weighted by Gasteiger charge is -2.31. The number of aliphatic carboxylic acids is 1. The highest BCUT2D eigenvalue weighted by Crippen LogP contribution is 2.15. The number of ether oxygens (including phenoxy) is 3. The molecule has 0 saturated heterocycles. The van der Waals surface area contributed by atoms with Crippen LogP contribution in [0, 0.1) is 0 Å². The number of carbonyl (C=O) groups is 3. The minimum Gasteiger partial charge on any atom is -0.477 e. The van der Waals surface area contributed by atoms with Gasteiger partial charge in [-0.25, -0.2) is 4.79 Å². The van der Waals surface area contributed by atoms with Gasteiger partial charge in [0.1, 0.15) is 6.61 Å². The third kappa shape index (κ3) is 44.0. The molecular weight excluding hydrogens is 787 g/mol. The van der Waals surface area contributed by atoms with Crippen molar-refractivity contribution in [3.05, 3.63) is 60.8 Å². The van der Waals surface area contributed by atoms with Crippen molar-refractivity contribution in [2.75, 3.05) is 41.0 Å². The zero-order valence-corrected chi connectivity index (χ0v) is 41.5. The number of likely N-dealkylation sites (N-methyl/N-ethyl adjacent to an activating group) is 1. The summed E-state index contributed by atoms with van der Waals surface area (Å²) in [5.41, 5.74) is 0. The average molecular weight is 885 g/mol. The predicted octanol–water partition coefficient (Wildman–Crippen LogP) is 14.9. The highest BCUT2D eigenvalue weighted by molar-refractivity contribution is 5.72. The topological polar surface area (TPSA) is 99.1 Å². The summed E-state index contributed by atoms with van der Waals surface area (Å²) >= 11 is 0. The number of carbonyl (C=O) groups excluding carboxylic acids is 2. The van der Waals surface area contributed by atoms with Gasteiger partial charge in [-0.15, -0.1) is 0 Å². The summed E-state index contributed by atoms with van der Waals surface area (Å²) in [4.78, 5) is 37.2. The van der Waals surface area contributed by atoms with Crippen molar-refractivity contribution in [3.8, 4) is 0 Å². The first-order valence-corrected chi connectivity index (χ1v) is 25.8. The molecule has 0 saturated carbocycles. The van der Waals surface area contributed by atoms with Gasteiger partial charge in [0.2, 0.25) is 0 Å². The van der Waals surface area contributed by atoms with E-state index in [1.54, 1.807) is 0 Å². The number of hydrogen-bond acceptors (Lipinski definition) is 6. The summed E-state index contributed by atoms with van der Waals surface area (Å²) in [6.07, 6.45) is 56.9. The Morgan fingerprint density at radius 3 is 1.33 bits per heavy atom. The highest BCUT2D eigenvalue weighted by Gasteiger charge is 2.31. The van der Waals surface area contributed by atoms with Crippen molar-refractivity contribution in [2.24, 2.45) is 0 Å². The fourth-order valence-electron chi connectivity index (χ4n) is 7.43. The third-order valence-electron chi connectivity index (χ3n) is 11.4. The molecule has 1 N–H and O–H groups in total. The average Bonchev–Trinajstić information content (AvgIpc) is 3.24. The van der Waals surface area contributed by atoms with Crippen LogP contribution < -0.4 is 0 Å². The molecule has 8 nitrogen and oxygen atoms in total. The second-order valence-corrected chi connectivity index (χ2v) is 18.4. The van der Waals surface area contributed by atoms with Crippen LogP contribution in [0.15, 0.2) is 60.8 Å². The number of carboxylic acids is 1. The maximum Gasteiger partial charge on any atom is 0.362 e. The van der Waals surface area contributed by atoms with Crippen molar-refractivity contribution in [1.82, 2.24) is 0 Å². The molecule has 0 aromatic rings. The molecule has 0 radical (unpaired) electrons. The van der Waals surface area contributed by atoms with E-state index in [-0.39, 0.29) is 36.2 Å². The zero-order chi connectivity index (χ0) is 46.3. The van der Waals surface area contributed by atoms with Crippen molar-refractivity contribution < 1.29 is 38.2 Å². The van der Waals surface area contributed by atoms with Crippen molar-refractivity contribution >= 4 is 17.9 Å². The molecule has 0 aromatic carbocycles. The molecule has 63 heavy (non-hydrogen) atoms. The molecule has 0 aliphatic heterocycles. The molecule has 0 heterocycles. The van der Waals surface area contributed by atoms with E-state index in [9.17, 15) is 19.5 Å². The largest absolute Gasteiger partial charge is 0.477 e. The predicted molar refractivity (Wildman–Crippen MR) is 266 cm³/mol.